The lowest BCUT2D eigenvalue weighted by molar-refractivity contribution is 0.0788. The van der Waals surface area contributed by atoms with Crippen LogP contribution in [0.15, 0.2) is 60.9 Å². The summed E-state index contributed by atoms with van der Waals surface area (Å²) in [5, 5.41) is 3.98. The first kappa shape index (κ1) is 20.1. The number of nitrogens with zero attached hydrogens (tertiary/aromatic N) is 4. The highest BCUT2D eigenvalue weighted by atomic mass is 19.1. The maximum absolute atomic E-state index is 14.5. The number of fused-ring (bicyclic) bond motifs is 1. The monoisotopic (exact) mass is 427 g/mol. The Hall–Kier alpha value is -3.87. The Balaban J connectivity index is 1.56. The van der Waals surface area contributed by atoms with E-state index in [-0.39, 0.29) is 11.5 Å². The van der Waals surface area contributed by atoms with Gasteiger partial charge < -0.3 is 10.2 Å². The van der Waals surface area contributed by atoms with Gasteiger partial charge in [0.15, 0.2) is 5.82 Å². The molecule has 7 heteroatoms. The van der Waals surface area contributed by atoms with Gasteiger partial charge in [0.2, 0.25) is 0 Å². The Morgan fingerprint density at radius 3 is 2.53 bits per heavy atom. The van der Waals surface area contributed by atoms with Crippen molar-refractivity contribution in [3.05, 3.63) is 72.3 Å². The van der Waals surface area contributed by atoms with E-state index in [0.717, 1.165) is 40.4 Å². The summed E-state index contributed by atoms with van der Waals surface area (Å²) in [7, 11) is 1.81. The van der Waals surface area contributed by atoms with Crippen molar-refractivity contribution in [2.45, 2.75) is 12.8 Å². The van der Waals surface area contributed by atoms with E-state index in [1.165, 1.54) is 6.07 Å². The van der Waals surface area contributed by atoms with Gasteiger partial charge >= 0.3 is 0 Å². The van der Waals surface area contributed by atoms with Crippen LogP contribution in [0, 0.1) is 5.82 Å². The number of pyridine rings is 1. The zero-order valence-electron chi connectivity index (χ0n) is 17.7. The fourth-order valence-corrected chi connectivity index (χ4v) is 4.08. The van der Waals surface area contributed by atoms with Gasteiger partial charge in [0.25, 0.3) is 5.91 Å². The molecule has 0 atom stereocenters. The summed E-state index contributed by atoms with van der Waals surface area (Å²) >= 11 is 0. The molecule has 0 unspecified atom stereocenters. The predicted molar refractivity (Wildman–Crippen MR) is 123 cm³/mol. The number of rotatable bonds is 4. The molecule has 0 saturated carbocycles. The average Bonchev–Trinajstić information content (AvgIpc) is 3.38. The van der Waals surface area contributed by atoms with Gasteiger partial charge in [0.1, 0.15) is 11.6 Å². The van der Waals surface area contributed by atoms with Crippen molar-refractivity contribution in [1.82, 2.24) is 19.9 Å². The summed E-state index contributed by atoms with van der Waals surface area (Å²) in [4.78, 5) is 28.0. The summed E-state index contributed by atoms with van der Waals surface area (Å²) < 4.78 is 14.5. The first-order valence-electron chi connectivity index (χ1n) is 10.6. The molecule has 1 aliphatic rings. The lowest BCUT2D eigenvalue weighted by Crippen LogP contribution is -2.28. The quantitative estimate of drug-likeness (QED) is 0.508. The standard InChI is InChI=1S/C25H22FN5O/c1-27-24-20-14-17(7-9-22(20)29-23(30-24)18-5-4-10-28-15-18)16-6-8-21(26)19(13-16)25(32)31-11-2-3-12-31/h4-10,13-15H,2-3,11-12H2,1H3,(H,27,29,30). The van der Waals surface area contributed by atoms with Gasteiger partial charge in [-0.05, 0) is 60.4 Å². The Morgan fingerprint density at radius 1 is 1.00 bits per heavy atom. The van der Waals surface area contributed by atoms with Crippen molar-refractivity contribution in [2.24, 2.45) is 0 Å². The third-order valence-electron chi connectivity index (χ3n) is 5.78. The van der Waals surface area contributed by atoms with E-state index in [2.05, 4.69) is 20.3 Å². The van der Waals surface area contributed by atoms with Crippen LogP contribution >= 0.6 is 0 Å². The Morgan fingerprint density at radius 2 is 1.78 bits per heavy atom. The molecule has 1 aliphatic heterocycles. The van der Waals surface area contributed by atoms with Gasteiger partial charge in [-0.15, -0.1) is 0 Å². The second kappa shape index (κ2) is 8.34. The number of aromatic nitrogens is 3. The number of anilines is 1. The molecule has 1 saturated heterocycles. The molecular formula is C25H22FN5O. The van der Waals surface area contributed by atoms with Crippen LogP contribution in [0.3, 0.4) is 0 Å². The molecule has 3 heterocycles. The minimum Gasteiger partial charge on any atom is -0.373 e. The second-order valence-corrected chi connectivity index (χ2v) is 7.81. The van der Waals surface area contributed by atoms with E-state index in [1.54, 1.807) is 29.4 Å². The van der Waals surface area contributed by atoms with Crippen molar-refractivity contribution in [1.29, 1.82) is 0 Å². The van der Waals surface area contributed by atoms with E-state index < -0.39 is 5.82 Å². The number of benzene rings is 2. The van der Waals surface area contributed by atoms with Crippen molar-refractivity contribution < 1.29 is 9.18 Å². The van der Waals surface area contributed by atoms with E-state index in [1.807, 2.05) is 37.4 Å². The van der Waals surface area contributed by atoms with Crippen LogP contribution in [0.4, 0.5) is 10.2 Å². The minimum atomic E-state index is -0.494. The highest BCUT2D eigenvalue weighted by molar-refractivity contribution is 5.97. The molecule has 1 N–H and O–H groups in total. The van der Waals surface area contributed by atoms with Gasteiger partial charge in [-0.25, -0.2) is 14.4 Å². The number of hydrogen-bond donors (Lipinski definition) is 1. The van der Waals surface area contributed by atoms with Crippen LogP contribution in [0.25, 0.3) is 33.4 Å². The normalized spacial score (nSPS) is 13.5. The smallest absolute Gasteiger partial charge is 0.256 e. The molecule has 1 amide bonds. The fourth-order valence-electron chi connectivity index (χ4n) is 4.08. The summed E-state index contributed by atoms with van der Waals surface area (Å²) in [6.07, 6.45) is 5.37. The number of carbonyl (C=O) groups excluding carboxylic acids is 1. The molecule has 6 nitrogen and oxygen atoms in total. The molecule has 4 aromatic rings. The van der Waals surface area contributed by atoms with Crippen molar-refractivity contribution in [3.8, 4) is 22.5 Å². The second-order valence-electron chi connectivity index (χ2n) is 7.81. The van der Waals surface area contributed by atoms with Crippen LogP contribution in [0.5, 0.6) is 0 Å². The van der Waals surface area contributed by atoms with E-state index in [9.17, 15) is 9.18 Å². The SMILES string of the molecule is CNc1nc(-c2cccnc2)nc2ccc(-c3ccc(F)c(C(=O)N4CCCC4)c3)cc12. The van der Waals surface area contributed by atoms with Crippen LogP contribution in [-0.2, 0) is 0 Å². The fraction of sp³-hybridized carbons (Fsp3) is 0.200. The van der Waals surface area contributed by atoms with Crippen LogP contribution in [0.2, 0.25) is 0 Å². The maximum atomic E-state index is 14.5. The molecule has 5 rings (SSSR count). The maximum Gasteiger partial charge on any atom is 0.256 e. The summed E-state index contributed by atoms with van der Waals surface area (Å²) in [6, 6.07) is 14.3. The molecule has 2 aromatic heterocycles. The van der Waals surface area contributed by atoms with Crippen molar-refractivity contribution in [3.63, 3.8) is 0 Å². The first-order valence-corrected chi connectivity index (χ1v) is 10.6. The lowest BCUT2D eigenvalue weighted by Gasteiger charge is -2.16. The van der Waals surface area contributed by atoms with E-state index in [4.69, 9.17) is 0 Å². The van der Waals surface area contributed by atoms with Crippen LogP contribution < -0.4 is 5.32 Å². The molecule has 1 fully saturated rings. The Kier molecular flexibility index (Phi) is 5.23. The summed E-state index contributed by atoms with van der Waals surface area (Å²) in [6.45, 7) is 1.36. The molecule has 0 bridgehead atoms. The number of likely N-dealkylation sites (tertiary alicyclic amines) is 1. The van der Waals surface area contributed by atoms with E-state index in [0.29, 0.717) is 24.7 Å². The first-order chi connectivity index (χ1) is 15.6. The highest BCUT2D eigenvalue weighted by Gasteiger charge is 2.22. The average molecular weight is 427 g/mol. The topological polar surface area (TPSA) is 71.0 Å². The van der Waals surface area contributed by atoms with Crippen molar-refractivity contribution >= 4 is 22.6 Å². The van der Waals surface area contributed by atoms with Gasteiger partial charge in [0.05, 0.1) is 11.1 Å². The third-order valence-corrected chi connectivity index (χ3v) is 5.78. The number of hydrogen-bond acceptors (Lipinski definition) is 5. The molecule has 160 valence electrons. The largest absolute Gasteiger partial charge is 0.373 e. The summed E-state index contributed by atoms with van der Waals surface area (Å²) in [5.74, 6) is 0.531. The van der Waals surface area contributed by atoms with Gasteiger partial charge in [-0.3, -0.25) is 9.78 Å². The molecular weight excluding hydrogens is 405 g/mol. The zero-order chi connectivity index (χ0) is 22.1. The number of nitrogens with one attached hydrogen (secondary N) is 1. The molecule has 2 aromatic carbocycles. The Labute approximate surface area is 185 Å². The predicted octanol–water partition coefficient (Wildman–Crippen LogP) is 4.78. The molecule has 0 radical (unpaired) electrons. The van der Waals surface area contributed by atoms with Crippen LogP contribution in [-0.4, -0.2) is 45.9 Å². The van der Waals surface area contributed by atoms with Crippen LogP contribution in [0.1, 0.15) is 23.2 Å². The highest BCUT2D eigenvalue weighted by Crippen LogP contribution is 2.30. The number of halogens is 1. The molecule has 0 aliphatic carbocycles. The molecule has 0 spiro atoms. The number of amides is 1. The molecule has 32 heavy (non-hydrogen) atoms. The van der Waals surface area contributed by atoms with Gasteiger partial charge in [0, 0.05) is 43.5 Å². The number of carbonyl (C=O) groups is 1. The lowest BCUT2D eigenvalue weighted by atomic mass is 10.0. The zero-order valence-corrected chi connectivity index (χ0v) is 17.7. The van der Waals surface area contributed by atoms with Crippen molar-refractivity contribution in [2.75, 3.05) is 25.5 Å². The Bertz CT molecular complexity index is 1300. The third kappa shape index (κ3) is 3.66. The van der Waals surface area contributed by atoms with Gasteiger partial charge in [-0.1, -0.05) is 12.1 Å². The van der Waals surface area contributed by atoms with Gasteiger partial charge in [-0.2, -0.15) is 0 Å². The minimum absolute atomic E-state index is 0.113. The van der Waals surface area contributed by atoms with E-state index >= 15 is 0 Å². The summed E-state index contributed by atoms with van der Waals surface area (Å²) in [5.41, 5.74) is 3.36.